The maximum absolute atomic E-state index is 12.6. The molecule has 0 aliphatic carbocycles. The van der Waals surface area contributed by atoms with Gasteiger partial charge in [0.05, 0.1) is 11.9 Å². The van der Waals surface area contributed by atoms with E-state index >= 15 is 0 Å². The Kier molecular flexibility index (Phi) is 3.17. The highest BCUT2D eigenvalue weighted by Crippen LogP contribution is 2.24. The van der Waals surface area contributed by atoms with Gasteiger partial charge in [-0.3, -0.25) is 14.3 Å². The van der Waals surface area contributed by atoms with Crippen molar-refractivity contribution < 1.29 is 0 Å². The van der Waals surface area contributed by atoms with Crippen LogP contribution in [0.5, 0.6) is 0 Å². The molecule has 21 heavy (non-hydrogen) atoms. The van der Waals surface area contributed by atoms with E-state index in [1.807, 2.05) is 26.0 Å². The number of aromatic amines is 1. The number of H-pyrrole nitrogens is 1. The van der Waals surface area contributed by atoms with Crippen molar-refractivity contribution in [3.63, 3.8) is 0 Å². The van der Waals surface area contributed by atoms with Crippen molar-refractivity contribution in [2.75, 3.05) is 5.73 Å². The predicted molar refractivity (Wildman–Crippen MR) is 86.1 cm³/mol. The van der Waals surface area contributed by atoms with Crippen molar-refractivity contribution in [3.05, 3.63) is 61.1 Å². The van der Waals surface area contributed by atoms with Gasteiger partial charge in [-0.05, 0) is 37.1 Å². The van der Waals surface area contributed by atoms with Crippen molar-refractivity contribution in [3.8, 4) is 0 Å². The summed E-state index contributed by atoms with van der Waals surface area (Å²) in [5.74, 6) is 0. The van der Waals surface area contributed by atoms with E-state index < -0.39 is 0 Å². The second-order valence-electron chi connectivity index (χ2n) is 5.05. The first-order chi connectivity index (χ1) is 9.97. The molecule has 1 aromatic carbocycles. The Hall–Kier alpha value is -2.34. The molecule has 0 aliphatic rings. The zero-order valence-electron chi connectivity index (χ0n) is 11.8. The number of nitrogen functional groups attached to an aromatic ring is 1. The fourth-order valence-corrected chi connectivity index (χ4v) is 3.36. The predicted octanol–water partition coefficient (Wildman–Crippen LogP) is 2.00. The number of anilines is 1. The number of aromatic nitrogens is 2. The zero-order chi connectivity index (χ0) is 15.1. The van der Waals surface area contributed by atoms with Crippen molar-refractivity contribution in [1.29, 1.82) is 0 Å². The molecule has 0 atom stereocenters. The van der Waals surface area contributed by atoms with Crippen LogP contribution in [-0.2, 0) is 6.54 Å². The number of fused-ring (bicyclic) bond motifs is 1. The lowest BCUT2D eigenvalue weighted by Gasteiger charge is -2.05. The van der Waals surface area contributed by atoms with Crippen LogP contribution >= 0.6 is 11.3 Å². The monoisotopic (exact) mass is 301 g/mol. The fraction of sp³-hybridized carbons (Fsp3) is 0.200. The molecule has 5 nitrogen and oxygen atoms in total. The van der Waals surface area contributed by atoms with Crippen molar-refractivity contribution in [2.24, 2.45) is 0 Å². The van der Waals surface area contributed by atoms with Crippen LogP contribution in [0, 0.1) is 13.8 Å². The third kappa shape index (κ3) is 2.27. The smallest absolute Gasteiger partial charge is 0.329 e. The average Bonchev–Trinajstić information content (AvgIpc) is 2.72. The summed E-state index contributed by atoms with van der Waals surface area (Å²) in [7, 11) is 0. The molecule has 3 N–H and O–H groups in total. The third-order valence-corrected chi connectivity index (χ3v) is 4.75. The van der Waals surface area contributed by atoms with E-state index in [-0.39, 0.29) is 17.8 Å². The highest BCUT2D eigenvalue weighted by Gasteiger charge is 2.14. The van der Waals surface area contributed by atoms with Gasteiger partial charge in [-0.25, -0.2) is 4.79 Å². The molecule has 0 saturated heterocycles. The van der Waals surface area contributed by atoms with Gasteiger partial charge >= 0.3 is 5.69 Å². The Labute approximate surface area is 124 Å². The Morgan fingerprint density at radius 2 is 1.86 bits per heavy atom. The van der Waals surface area contributed by atoms with Crippen LogP contribution in [0.1, 0.15) is 16.0 Å². The summed E-state index contributed by atoms with van der Waals surface area (Å²) in [6.45, 7) is 4.09. The molecule has 2 heterocycles. The highest BCUT2D eigenvalue weighted by atomic mass is 32.1. The Morgan fingerprint density at radius 3 is 2.52 bits per heavy atom. The van der Waals surface area contributed by atoms with E-state index in [9.17, 15) is 9.59 Å². The number of thiophene rings is 1. The first-order valence-corrected chi connectivity index (χ1v) is 7.36. The Balaban J connectivity index is 2.18. The molecule has 0 aliphatic heterocycles. The second kappa shape index (κ2) is 4.89. The summed E-state index contributed by atoms with van der Waals surface area (Å²) in [6.07, 6.45) is 0. The maximum atomic E-state index is 12.6. The molecule has 0 amide bonds. The van der Waals surface area contributed by atoms with Gasteiger partial charge in [-0.2, -0.15) is 0 Å². The van der Waals surface area contributed by atoms with E-state index in [1.165, 1.54) is 15.9 Å². The SMILES string of the molecule is Cc1sc2[nH]c(=O)n(Cc3ccc(N)cc3)c(=O)c2c1C. The number of hydrogen-bond acceptors (Lipinski definition) is 4. The van der Waals surface area contributed by atoms with Crippen molar-refractivity contribution in [1.82, 2.24) is 9.55 Å². The van der Waals surface area contributed by atoms with Crippen LogP contribution in [0.25, 0.3) is 10.2 Å². The zero-order valence-corrected chi connectivity index (χ0v) is 12.6. The summed E-state index contributed by atoms with van der Waals surface area (Å²) >= 11 is 1.44. The number of rotatable bonds is 2. The van der Waals surface area contributed by atoms with Gasteiger partial charge in [-0.15, -0.1) is 11.3 Å². The largest absolute Gasteiger partial charge is 0.399 e. The topological polar surface area (TPSA) is 80.9 Å². The number of benzene rings is 1. The lowest BCUT2D eigenvalue weighted by atomic mass is 10.2. The van der Waals surface area contributed by atoms with Gasteiger partial charge in [0.2, 0.25) is 0 Å². The minimum atomic E-state index is -0.384. The first-order valence-electron chi connectivity index (χ1n) is 6.54. The molecule has 0 fully saturated rings. The van der Waals surface area contributed by atoms with Gasteiger partial charge < -0.3 is 5.73 Å². The number of nitrogens with zero attached hydrogens (tertiary/aromatic N) is 1. The summed E-state index contributed by atoms with van der Waals surface area (Å²) in [5, 5.41) is 0.604. The minimum absolute atomic E-state index is 0.235. The summed E-state index contributed by atoms with van der Waals surface area (Å²) in [5.41, 5.74) is 7.46. The molecular weight excluding hydrogens is 286 g/mol. The van der Waals surface area contributed by atoms with Crippen LogP contribution in [0.3, 0.4) is 0 Å². The fourth-order valence-electron chi connectivity index (χ4n) is 2.31. The normalized spacial score (nSPS) is 11.1. The van der Waals surface area contributed by atoms with Crippen LogP contribution in [0.4, 0.5) is 5.69 Å². The number of nitrogens with two attached hydrogens (primary N) is 1. The van der Waals surface area contributed by atoms with Crippen LogP contribution in [-0.4, -0.2) is 9.55 Å². The molecule has 108 valence electrons. The number of aryl methyl sites for hydroxylation is 2. The van der Waals surface area contributed by atoms with E-state index in [2.05, 4.69) is 4.98 Å². The Morgan fingerprint density at radius 1 is 1.19 bits per heavy atom. The van der Waals surface area contributed by atoms with Crippen molar-refractivity contribution in [2.45, 2.75) is 20.4 Å². The molecule has 3 aromatic rings. The quantitative estimate of drug-likeness (QED) is 0.710. The van der Waals surface area contributed by atoms with Gasteiger partial charge in [0.15, 0.2) is 0 Å². The first kappa shape index (κ1) is 13.6. The molecule has 0 unspecified atom stereocenters. The lowest BCUT2D eigenvalue weighted by molar-refractivity contribution is 0.712. The molecule has 6 heteroatoms. The molecule has 0 spiro atoms. The van der Waals surface area contributed by atoms with Crippen LogP contribution < -0.4 is 17.0 Å². The molecule has 0 bridgehead atoms. The highest BCUT2D eigenvalue weighted by molar-refractivity contribution is 7.18. The van der Waals surface area contributed by atoms with Gasteiger partial charge in [0, 0.05) is 10.6 Å². The molecule has 0 radical (unpaired) electrons. The number of hydrogen-bond donors (Lipinski definition) is 2. The second-order valence-corrected chi connectivity index (χ2v) is 6.28. The van der Waals surface area contributed by atoms with E-state index in [1.54, 1.807) is 12.1 Å². The maximum Gasteiger partial charge on any atom is 0.329 e. The van der Waals surface area contributed by atoms with Gasteiger partial charge in [0.25, 0.3) is 5.56 Å². The number of nitrogens with one attached hydrogen (secondary N) is 1. The average molecular weight is 301 g/mol. The van der Waals surface area contributed by atoms with E-state index in [0.29, 0.717) is 15.9 Å². The lowest BCUT2D eigenvalue weighted by Crippen LogP contribution is -2.35. The van der Waals surface area contributed by atoms with E-state index in [4.69, 9.17) is 5.73 Å². The molecule has 3 rings (SSSR count). The van der Waals surface area contributed by atoms with E-state index in [0.717, 1.165) is 16.0 Å². The summed E-state index contributed by atoms with van der Waals surface area (Å²) in [6, 6.07) is 7.15. The Bertz CT molecular complexity index is 932. The van der Waals surface area contributed by atoms with Gasteiger partial charge in [0.1, 0.15) is 4.83 Å². The molecule has 2 aromatic heterocycles. The molecular formula is C15H15N3O2S. The summed E-state index contributed by atoms with van der Waals surface area (Å²) in [4.78, 5) is 29.2. The summed E-state index contributed by atoms with van der Waals surface area (Å²) < 4.78 is 1.23. The molecule has 0 saturated carbocycles. The minimum Gasteiger partial charge on any atom is -0.399 e. The van der Waals surface area contributed by atoms with Crippen LogP contribution in [0.15, 0.2) is 33.9 Å². The standard InChI is InChI=1S/C15H15N3O2S/c1-8-9(2)21-13-12(8)14(19)18(15(20)17-13)7-10-3-5-11(16)6-4-10/h3-6H,7,16H2,1-2H3,(H,17,20). The van der Waals surface area contributed by atoms with Crippen LogP contribution in [0.2, 0.25) is 0 Å². The third-order valence-electron chi connectivity index (χ3n) is 3.63. The van der Waals surface area contributed by atoms with Crippen molar-refractivity contribution >= 4 is 27.2 Å². The van der Waals surface area contributed by atoms with Gasteiger partial charge in [-0.1, -0.05) is 12.1 Å².